The molecule has 0 aliphatic rings. The molecule has 93 heavy (non-hydrogen) atoms. The van der Waals surface area contributed by atoms with Gasteiger partial charge >= 0.3 is 0 Å². The molecule has 0 atom stereocenters. The van der Waals surface area contributed by atoms with E-state index in [1.54, 1.807) is 0 Å². The van der Waals surface area contributed by atoms with Crippen LogP contribution in [0.2, 0.25) is 66.5 Å². The Morgan fingerprint density at radius 2 is 0.398 bits per heavy atom. The number of benzene rings is 10. The Kier molecular flexibility index (Phi) is 19.9. The molecule has 0 aromatic heterocycles. The first-order chi connectivity index (χ1) is 44.0. The van der Waals surface area contributed by atoms with Crippen molar-refractivity contribution in [1.29, 1.82) is 0 Å². The van der Waals surface area contributed by atoms with E-state index < -0.39 is 32.3 Å². The lowest BCUT2D eigenvalue weighted by atomic mass is 9.88. The molecule has 0 bridgehead atoms. The Morgan fingerprint density at radius 3 is 0.602 bits per heavy atom. The predicted octanol–water partition coefficient (Wildman–Crippen LogP) is 27.0. The van der Waals surface area contributed by atoms with Gasteiger partial charge in [-0.15, -0.1) is 22.2 Å². The molecular weight excluding hydrogens is 1190 g/mol. The molecule has 0 heterocycles. The molecule has 0 fully saturated rings. The maximum absolute atomic E-state index is 7.59. The molecular formula is C88H106OSi4. The minimum absolute atomic E-state index is 0.478. The van der Waals surface area contributed by atoms with E-state index in [1.807, 2.05) is 0 Å². The van der Waals surface area contributed by atoms with Gasteiger partial charge in [0.15, 0.2) is 0 Å². The molecule has 0 radical (unpaired) electrons. The van der Waals surface area contributed by atoms with Crippen LogP contribution in [0.1, 0.15) is 188 Å². The Labute approximate surface area is 565 Å². The van der Waals surface area contributed by atoms with Gasteiger partial charge in [0.05, 0.1) is 0 Å². The first-order valence-electron chi connectivity index (χ1n) is 35.5. The van der Waals surface area contributed by atoms with Crippen LogP contribution in [-0.2, 0) is 0 Å². The van der Waals surface area contributed by atoms with E-state index in [9.17, 15) is 0 Å². The molecule has 0 N–H and O–H groups in total. The number of hydrogen-bond acceptors (Lipinski definition) is 1. The van der Waals surface area contributed by atoms with Gasteiger partial charge in [-0.1, -0.05) is 263 Å². The van der Waals surface area contributed by atoms with E-state index in [1.165, 1.54) is 43.1 Å². The highest BCUT2D eigenvalue weighted by Crippen LogP contribution is 2.48. The fourth-order valence-electron chi connectivity index (χ4n) is 18.6. The monoisotopic (exact) mass is 1290 g/mol. The average molecular weight is 1290 g/mol. The molecule has 5 heteroatoms. The summed E-state index contributed by atoms with van der Waals surface area (Å²) in [5.74, 6) is 18.1. The average Bonchev–Trinajstić information content (AvgIpc) is 0.732. The predicted molar refractivity (Wildman–Crippen MR) is 425 cm³/mol. The summed E-state index contributed by atoms with van der Waals surface area (Å²) >= 11 is 0. The molecule has 0 aliphatic heterocycles. The van der Waals surface area contributed by atoms with Crippen molar-refractivity contribution in [3.63, 3.8) is 0 Å². The molecule has 0 spiro atoms. The van der Waals surface area contributed by atoms with Gasteiger partial charge in [-0.2, -0.15) is 0 Å². The summed E-state index contributed by atoms with van der Waals surface area (Å²) in [5.41, 5.74) is 27.1. The number of hydrogen-bond donors (Lipinski definition) is 0. The van der Waals surface area contributed by atoms with Crippen molar-refractivity contribution in [3.8, 4) is 57.4 Å². The summed E-state index contributed by atoms with van der Waals surface area (Å²) in [5, 5.41) is 18.5. The SMILES string of the molecule is CC(C)[Si](C#Cc1c2cc3ccccc3cc2c(C#C[Si](C(C)C)(C(C)C)C(C)C)c2cc3c(Oc4cccc5cc6c(C#C[Si](C(C)C)(C(C)C)C(C)C)c7cc8ccccc8cc7c(C#C[Si](C(C)C)(C(C)C)C(C)C)c6cc45)cccc3cc12)(C(C)C)C(C)C. The molecule has 0 saturated heterocycles. The van der Waals surface area contributed by atoms with Crippen molar-refractivity contribution < 1.29 is 4.74 Å². The van der Waals surface area contributed by atoms with Crippen molar-refractivity contribution in [2.45, 2.75) is 233 Å². The van der Waals surface area contributed by atoms with Gasteiger partial charge in [0.2, 0.25) is 0 Å². The summed E-state index contributed by atoms with van der Waals surface area (Å²) in [6.45, 7) is 58.2. The molecule has 480 valence electrons. The molecule has 0 unspecified atom stereocenters. The summed E-state index contributed by atoms with van der Waals surface area (Å²) in [4.78, 5) is 0. The standard InChI is InChI=1S/C88H106OSi4/c1-55(2)90(56(3)4,57(5)6)43-39-73-79-47-67-31-25-27-33-69(67)49-81(79)75(41-45-92(61(13)14,62(15)16)63(17)18)85-53-77-71(51-83(73)85)35-29-37-87(77)89-88-38-30-36-72-52-84-74(40-44-91(58(7)8,59(9)10)60(11)12)80-48-68-32-26-28-34-70(68)50-82(80)76(86(84)54-78(72)88)42-46-93(64(19)20,65(21)22)66(23)24/h25-38,47-66H,1-24H3. The van der Waals surface area contributed by atoms with E-state index in [0.29, 0.717) is 66.5 Å². The Morgan fingerprint density at radius 1 is 0.215 bits per heavy atom. The lowest BCUT2D eigenvalue weighted by molar-refractivity contribution is 0.494. The van der Waals surface area contributed by atoms with Crippen LogP contribution < -0.4 is 4.74 Å². The zero-order valence-corrected chi connectivity index (χ0v) is 65.0. The molecule has 10 aromatic carbocycles. The van der Waals surface area contributed by atoms with Crippen molar-refractivity contribution in [2.75, 3.05) is 0 Å². The topological polar surface area (TPSA) is 9.23 Å². The number of ether oxygens (including phenoxy) is 1. The van der Waals surface area contributed by atoms with Gasteiger partial charge in [0.25, 0.3) is 0 Å². The third-order valence-corrected chi connectivity index (χ3v) is 48.3. The molecule has 0 aliphatic carbocycles. The van der Waals surface area contributed by atoms with Crippen molar-refractivity contribution in [2.24, 2.45) is 0 Å². The van der Waals surface area contributed by atoms with Crippen molar-refractivity contribution in [3.05, 3.63) is 156 Å². The zero-order valence-electron chi connectivity index (χ0n) is 61.0. The molecule has 0 amide bonds. The van der Waals surface area contributed by atoms with Gasteiger partial charge in [0, 0.05) is 33.0 Å². The lowest BCUT2D eigenvalue weighted by Crippen LogP contribution is -2.43. The van der Waals surface area contributed by atoms with Crippen molar-refractivity contribution in [1.82, 2.24) is 0 Å². The number of fused-ring (bicyclic) bond motifs is 8. The largest absolute Gasteiger partial charge is 0.456 e. The number of rotatable bonds is 14. The molecule has 10 aromatic rings. The van der Waals surface area contributed by atoms with Crippen LogP contribution in [0.5, 0.6) is 11.5 Å². The minimum atomic E-state index is -2.21. The van der Waals surface area contributed by atoms with Crippen LogP contribution in [0.3, 0.4) is 0 Å². The van der Waals surface area contributed by atoms with Gasteiger partial charge in [-0.3, -0.25) is 0 Å². The second-order valence-corrected chi connectivity index (χ2v) is 53.8. The Hall–Kier alpha value is -6.81. The van der Waals surface area contributed by atoms with Crippen LogP contribution in [0.4, 0.5) is 0 Å². The van der Waals surface area contributed by atoms with Gasteiger partial charge < -0.3 is 4.74 Å². The van der Waals surface area contributed by atoms with Crippen LogP contribution in [0.15, 0.2) is 133 Å². The first kappa shape index (κ1) is 69.0. The summed E-state index contributed by atoms with van der Waals surface area (Å²) in [6, 6.07) is 50.3. The first-order valence-corrected chi connectivity index (χ1v) is 44.4. The fourth-order valence-corrected chi connectivity index (χ4v) is 39.4. The second kappa shape index (κ2) is 26.8. The second-order valence-electron chi connectivity index (χ2n) is 31.4. The molecule has 1 nitrogen and oxygen atoms in total. The smallest absolute Gasteiger partial charge is 0.146 e. The van der Waals surface area contributed by atoms with Crippen molar-refractivity contribution >= 4 is 118 Å². The summed E-state index contributed by atoms with van der Waals surface area (Å²) < 4.78 is 7.59. The van der Waals surface area contributed by atoms with Crippen LogP contribution in [-0.4, -0.2) is 32.3 Å². The normalized spacial score (nSPS) is 12.9. The third-order valence-electron chi connectivity index (χ3n) is 23.2. The minimum Gasteiger partial charge on any atom is -0.456 e. The molecule has 0 saturated carbocycles. The Balaban J connectivity index is 1.33. The zero-order chi connectivity index (χ0) is 67.6. The van der Waals surface area contributed by atoms with E-state index in [2.05, 4.69) is 345 Å². The van der Waals surface area contributed by atoms with Gasteiger partial charge in [-0.25, -0.2) is 0 Å². The van der Waals surface area contributed by atoms with E-state index >= 15 is 0 Å². The third kappa shape index (κ3) is 11.8. The molecule has 10 rings (SSSR count). The highest BCUT2D eigenvalue weighted by Gasteiger charge is 2.45. The summed E-state index contributed by atoms with van der Waals surface area (Å²) in [6.07, 6.45) is 0. The van der Waals surface area contributed by atoms with Crippen LogP contribution >= 0.6 is 0 Å². The maximum atomic E-state index is 7.59. The van der Waals surface area contributed by atoms with Crippen LogP contribution in [0.25, 0.3) is 86.2 Å². The fraction of sp³-hybridized carbons (Fsp3) is 0.409. The highest BCUT2D eigenvalue weighted by atomic mass is 28.3. The Bertz CT molecular complexity index is 4410. The van der Waals surface area contributed by atoms with E-state index in [-0.39, 0.29) is 0 Å². The van der Waals surface area contributed by atoms with Gasteiger partial charge in [0.1, 0.15) is 43.8 Å². The van der Waals surface area contributed by atoms with E-state index in [4.69, 9.17) is 4.74 Å². The van der Waals surface area contributed by atoms with Crippen LogP contribution in [0, 0.1) is 45.9 Å². The summed E-state index contributed by atoms with van der Waals surface area (Å²) in [7, 11) is -8.76. The van der Waals surface area contributed by atoms with E-state index in [0.717, 1.165) is 76.8 Å². The maximum Gasteiger partial charge on any atom is 0.146 e. The highest BCUT2D eigenvalue weighted by molar-refractivity contribution is 6.92. The lowest BCUT2D eigenvalue weighted by Gasteiger charge is -2.38. The quantitative estimate of drug-likeness (QED) is 0.0599. The van der Waals surface area contributed by atoms with Gasteiger partial charge in [-0.05, 0) is 203 Å².